The number of benzene rings is 1. The zero-order valence-corrected chi connectivity index (χ0v) is 12.0. The van der Waals surface area contributed by atoms with Crippen LogP contribution in [-0.4, -0.2) is 29.6 Å². The number of halogens is 2. The Balaban J connectivity index is 2.44. The molecular weight excluding hydrogens is 311 g/mol. The Bertz CT molecular complexity index is 701. The van der Waals surface area contributed by atoms with Gasteiger partial charge in [0.05, 0.1) is 10.6 Å². The summed E-state index contributed by atoms with van der Waals surface area (Å²) in [4.78, 5) is 11.3. The fraction of sp³-hybridized carbons (Fsp3) is 0.100. The second-order valence-electron chi connectivity index (χ2n) is 3.59. The van der Waals surface area contributed by atoms with E-state index in [0.717, 1.165) is 6.26 Å². The number of sulfone groups is 1. The summed E-state index contributed by atoms with van der Waals surface area (Å²) in [5.74, 6) is 0.0705. The molecule has 0 aliphatic heterocycles. The van der Waals surface area contributed by atoms with Crippen LogP contribution in [0.5, 0.6) is 0 Å². The van der Waals surface area contributed by atoms with Gasteiger partial charge in [0.2, 0.25) is 16.5 Å². The number of anilines is 2. The zero-order valence-electron chi connectivity index (χ0n) is 9.63. The summed E-state index contributed by atoms with van der Waals surface area (Å²) in [6, 6.07) is 6.36. The fourth-order valence-electron chi connectivity index (χ4n) is 1.40. The van der Waals surface area contributed by atoms with Crippen LogP contribution in [0.2, 0.25) is 10.6 Å². The molecule has 6 nitrogen and oxygen atoms in total. The van der Waals surface area contributed by atoms with Crippen LogP contribution in [0.4, 0.5) is 11.6 Å². The van der Waals surface area contributed by atoms with Crippen molar-refractivity contribution < 1.29 is 8.42 Å². The van der Waals surface area contributed by atoms with E-state index in [1.807, 2.05) is 0 Å². The van der Waals surface area contributed by atoms with Crippen molar-refractivity contribution in [3.05, 3.63) is 34.8 Å². The van der Waals surface area contributed by atoms with Gasteiger partial charge in [0, 0.05) is 6.26 Å². The maximum absolute atomic E-state index is 11.6. The molecule has 0 aliphatic rings. The molecule has 0 fully saturated rings. The van der Waals surface area contributed by atoms with Crippen LogP contribution >= 0.6 is 23.2 Å². The Hall–Kier alpha value is -1.44. The third-order valence-corrected chi connectivity index (χ3v) is 3.61. The first-order valence-corrected chi connectivity index (χ1v) is 7.64. The first kappa shape index (κ1) is 14.0. The predicted molar refractivity (Wildman–Crippen MR) is 72.7 cm³/mol. The summed E-state index contributed by atoms with van der Waals surface area (Å²) in [5.41, 5.74) is 0.336. The van der Waals surface area contributed by atoms with Crippen LogP contribution in [0.15, 0.2) is 29.2 Å². The summed E-state index contributed by atoms with van der Waals surface area (Å²) >= 11 is 11.3. The lowest BCUT2D eigenvalue weighted by molar-refractivity contribution is 0.602. The Morgan fingerprint density at radius 2 is 1.63 bits per heavy atom. The van der Waals surface area contributed by atoms with Crippen LogP contribution in [-0.2, 0) is 9.84 Å². The van der Waals surface area contributed by atoms with E-state index in [4.69, 9.17) is 23.2 Å². The lowest BCUT2D eigenvalue weighted by Crippen LogP contribution is -2.05. The van der Waals surface area contributed by atoms with Gasteiger partial charge in [-0.1, -0.05) is 12.1 Å². The zero-order chi connectivity index (χ0) is 14.0. The third-order valence-electron chi connectivity index (χ3n) is 2.11. The fourth-order valence-corrected chi connectivity index (χ4v) is 2.60. The van der Waals surface area contributed by atoms with Gasteiger partial charge in [-0.3, -0.25) is 0 Å². The second-order valence-corrected chi connectivity index (χ2v) is 6.25. The van der Waals surface area contributed by atoms with Crippen molar-refractivity contribution in [1.82, 2.24) is 15.0 Å². The first-order valence-electron chi connectivity index (χ1n) is 4.99. The molecule has 19 heavy (non-hydrogen) atoms. The van der Waals surface area contributed by atoms with Crippen LogP contribution in [0.3, 0.4) is 0 Å². The van der Waals surface area contributed by atoms with Crippen molar-refractivity contribution in [3.8, 4) is 0 Å². The average molecular weight is 319 g/mol. The maximum atomic E-state index is 11.6. The number of nitrogens with one attached hydrogen (secondary N) is 1. The first-order chi connectivity index (χ1) is 8.86. The lowest BCUT2D eigenvalue weighted by atomic mass is 10.3. The minimum absolute atomic E-state index is 0.0705. The monoisotopic (exact) mass is 318 g/mol. The standard InChI is InChI=1S/C10H8Cl2N4O2S/c1-19(17,18)7-5-3-2-4-6(7)13-10-15-8(11)14-9(12)16-10/h2-5H,1H3,(H,13,14,15,16). The Kier molecular flexibility index (Phi) is 3.88. The van der Waals surface area contributed by atoms with E-state index < -0.39 is 9.84 Å². The highest BCUT2D eigenvalue weighted by molar-refractivity contribution is 7.90. The largest absolute Gasteiger partial charge is 0.323 e. The maximum Gasteiger partial charge on any atom is 0.232 e. The molecule has 2 aromatic rings. The number of aromatic nitrogens is 3. The molecule has 1 heterocycles. The molecule has 0 amide bonds. The summed E-state index contributed by atoms with van der Waals surface area (Å²) in [7, 11) is -3.37. The van der Waals surface area contributed by atoms with Crippen molar-refractivity contribution in [1.29, 1.82) is 0 Å². The van der Waals surface area contributed by atoms with Crippen LogP contribution in [0.25, 0.3) is 0 Å². The number of hydrogen-bond donors (Lipinski definition) is 1. The Morgan fingerprint density at radius 3 is 2.21 bits per heavy atom. The highest BCUT2D eigenvalue weighted by atomic mass is 35.5. The molecule has 1 N–H and O–H groups in total. The van der Waals surface area contributed by atoms with Gasteiger partial charge in [-0.05, 0) is 35.3 Å². The molecule has 0 bridgehead atoms. The predicted octanol–water partition coefficient (Wildman–Crippen LogP) is 2.33. The summed E-state index contributed by atoms with van der Waals surface area (Å²) in [6.07, 6.45) is 1.11. The molecule has 1 aromatic carbocycles. The molecule has 0 saturated heterocycles. The van der Waals surface area contributed by atoms with Crippen molar-refractivity contribution >= 4 is 44.7 Å². The molecule has 0 unspecified atom stereocenters. The third kappa shape index (κ3) is 3.52. The minimum Gasteiger partial charge on any atom is -0.323 e. The minimum atomic E-state index is -3.37. The second kappa shape index (κ2) is 5.28. The van der Waals surface area contributed by atoms with Crippen molar-refractivity contribution in [2.75, 3.05) is 11.6 Å². The summed E-state index contributed by atoms with van der Waals surface area (Å²) in [6.45, 7) is 0. The molecule has 100 valence electrons. The van der Waals surface area contributed by atoms with Crippen molar-refractivity contribution in [2.45, 2.75) is 4.90 Å². The highest BCUT2D eigenvalue weighted by Crippen LogP contribution is 2.23. The van der Waals surface area contributed by atoms with E-state index >= 15 is 0 Å². The molecule has 1 aromatic heterocycles. The number of rotatable bonds is 3. The normalized spacial score (nSPS) is 11.3. The number of hydrogen-bond acceptors (Lipinski definition) is 6. The van der Waals surface area contributed by atoms with Gasteiger partial charge in [0.25, 0.3) is 0 Å². The molecule has 9 heteroatoms. The smallest absolute Gasteiger partial charge is 0.232 e. The molecule has 0 saturated carbocycles. The molecular formula is C10H8Cl2N4O2S. The van der Waals surface area contributed by atoms with Crippen LogP contribution in [0, 0.1) is 0 Å². The van der Waals surface area contributed by atoms with E-state index in [9.17, 15) is 8.42 Å². The SMILES string of the molecule is CS(=O)(=O)c1ccccc1Nc1nc(Cl)nc(Cl)n1. The molecule has 0 aliphatic carbocycles. The van der Waals surface area contributed by atoms with Gasteiger partial charge in [0.15, 0.2) is 9.84 Å². The van der Waals surface area contributed by atoms with Gasteiger partial charge in [-0.25, -0.2) is 8.42 Å². The van der Waals surface area contributed by atoms with Gasteiger partial charge in [-0.15, -0.1) is 0 Å². The molecule has 2 rings (SSSR count). The lowest BCUT2D eigenvalue weighted by Gasteiger charge is -2.09. The highest BCUT2D eigenvalue weighted by Gasteiger charge is 2.14. The van der Waals surface area contributed by atoms with Crippen molar-refractivity contribution in [2.24, 2.45) is 0 Å². The number of para-hydroxylation sites is 1. The van der Waals surface area contributed by atoms with Crippen LogP contribution in [0.1, 0.15) is 0 Å². The molecule has 0 radical (unpaired) electrons. The van der Waals surface area contributed by atoms with E-state index in [0.29, 0.717) is 5.69 Å². The summed E-state index contributed by atoms with van der Waals surface area (Å²) in [5, 5.41) is 2.58. The van der Waals surface area contributed by atoms with E-state index in [2.05, 4.69) is 20.3 Å². The Labute approximate surface area is 119 Å². The molecule has 0 spiro atoms. The van der Waals surface area contributed by atoms with Gasteiger partial charge in [0.1, 0.15) is 0 Å². The van der Waals surface area contributed by atoms with Crippen LogP contribution < -0.4 is 5.32 Å². The van der Waals surface area contributed by atoms with E-state index in [1.165, 1.54) is 6.07 Å². The average Bonchev–Trinajstić information content (AvgIpc) is 2.26. The van der Waals surface area contributed by atoms with Gasteiger partial charge in [-0.2, -0.15) is 15.0 Å². The van der Waals surface area contributed by atoms with E-state index in [1.54, 1.807) is 18.2 Å². The quantitative estimate of drug-likeness (QED) is 0.934. The van der Waals surface area contributed by atoms with Gasteiger partial charge < -0.3 is 5.32 Å². The number of nitrogens with zero attached hydrogens (tertiary/aromatic N) is 3. The Morgan fingerprint density at radius 1 is 1.05 bits per heavy atom. The van der Waals surface area contributed by atoms with Gasteiger partial charge >= 0.3 is 0 Å². The molecule has 0 atom stereocenters. The summed E-state index contributed by atoms with van der Waals surface area (Å²) < 4.78 is 23.3. The van der Waals surface area contributed by atoms with Crippen molar-refractivity contribution in [3.63, 3.8) is 0 Å². The topological polar surface area (TPSA) is 84.8 Å². The van der Waals surface area contributed by atoms with E-state index in [-0.39, 0.29) is 21.4 Å².